The second-order valence-corrected chi connectivity index (χ2v) is 11.9. The van der Waals surface area contributed by atoms with Crippen LogP contribution in [0.5, 0.6) is 0 Å². The van der Waals surface area contributed by atoms with E-state index in [4.69, 9.17) is 11.6 Å². The van der Waals surface area contributed by atoms with Gasteiger partial charge in [0, 0.05) is 42.3 Å². The van der Waals surface area contributed by atoms with Crippen LogP contribution >= 0.6 is 11.6 Å². The quantitative estimate of drug-likeness (QED) is 0.326. The van der Waals surface area contributed by atoms with Crippen LogP contribution in [0.1, 0.15) is 62.3 Å². The molecule has 2 unspecified atom stereocenters. The van der Waals surface area contributed by atoms with Gasteiger partial charge in [0.1, 0.15) is 5.82 Å². The van der Waals surface area contributed by atoms with Gasteiger partial charge in [0.25, 0.3) is 0 Å². The number of carbonyl (C=O) groups excluding carboxylic acids is 1. The van der Waals surface area contributed by atoms with Crippen molar-refractivity contribution in [1.82, 2.24) is 19.4 Å². The Labute approximate surface area is 237 Å². The molecule has 6 rings (SSSR count). The second-order valence-electron chi connectivity index (χ2n) is 11.4. The number of aromatic nitrogens is 2. The van der Waals surface area contributed by atoms with E-state index >= 15 is 0 Å². The van der Waals surface area contributed by atoms with Crippen molar-refractivity contribution in [2.24, 2.45) is 5.92 Å². The van der Waals surface area contributed by atoms with Crippen LogP contribution in [0.3, 0.4) is 0 Å². The first-order chi connectivity index (χ1) is 19.2. The molecule has 0 bridgehead atoms. The Morgan fingerprint density at radius 2 is 1.73 bits per heavy atom. The lowest BCUT2D eigenvalue weighted by atomic mass is 9.79. The summed E-state index contributed by atoms with van der Waals surface area (Å²) >= 11 is 6.20. The Balaban J connectivity index is 1.28. The molecule has 1 amide bonds. The van der Waals surface area contributed by atoms with Crippen molar-refractivity contribution >= 4 is 17.5 Å². The van der Waals surface area contributed by atoms with Gasteiger partial charge in [-0.25, -0.2) is 4.98 Å². The van der Waals surface area contributed by atoms with Crippen molar-refractivity contribution in [2.75, 3.05) is 26.2 Å². The summed E-state index contributed by atoms with van der Waals surface area (Å²) in [4.78, 5) is 22.1. The summed E-state index contributed by atoms with van der Waals surface area (Å²) in [6, 6.07) is 15.1. The monoisotopic (exact) mass is 570 g/mol. The second kappa shape index (κ2) is 10.5. The van der Waals surface area contributed by atoms with Gasteiger partial charge in [0.05, 0.1) is 5.54 Å². The maximum Gasteiger partial charge on any atom is 0.434 e. The molecule has 40 heavy (non-hydrogen) atoms. The summed E-state index contributed by atoms with van der Waals surface area (Å²) in [5.74, 6) is 0.892. The third-order valence-electron chi connectivity index (χ3n) is 9.33. The smallest absolute Gasteiger partial charge is 0.343 e. The molecule has 2 atom stereocenters. The van der Waals surface area contributed by atoms with Gasteiger partial charge < -0.3 is 14.4 Å². The van der Waals surface area contributed by atoms with Crippen molar-refractivity contribution in [3.05, 3.63) is 76.6 Å². The van der Waals surface area contributed by atoms with Crippen LogP contribution in [0.2, 0.25) is 5.02 Å². The van der Waals surface area contributed by atoms with Crippen molar-refractivity contribution in [2.45, 2.75) is 63.2 Å². The summed E-state index contributed by atoms with van der Waals surface area (Å²) in [5.41, 5.74) is 0.332. The van der Waals surface area contributed by atoms with E-state index < -0.39 is 17.4 Å². The van der Waals surface area contributed by atoms with E-state index in [1.54, 1.807) is 22.8 Å². The lowest BCUT2D eigenvalue weighted by Gasteiger charge is -2.39. The van der Waals surface area contributed by atoms with Crippen molar-refractivity contribution in [3.8, 4) is 11.4 Å². The maximum absolute atomic E-state index is 13.8. The predicted octanol–water partition coefficient (Wildman–Crippen LogP) is 6.83. The molecule has 0 radical (unpaired) electrons. The summed E-state index contributed by atoms with van der Waals surface area (Å²) in [7, 11) is 0. The van der Waals surface area contributed by atoms with E-state index in [2.05, 4.69) is 16.8 Å². The zero-order valence-electron chi connectivity index (χ0n) is 22.6. The number of carbonyl (C=O) groups is 1. The third kappa shape index (κ3) is 4.73. The van der Waals surface area contributed by atoms with Gasteiger partial charge >= 0.3 is 6.18 Å². The molecular weight excluding hydrogens is 537 g/mol. The summed E-state index contributed by atoms with van der Waals surface area (Å²) < 4.78 is 43.1. The van der Waals surface area contributed by atoms with E-state index in [1.165, 1.54) is 25.9 Å². The normalized spacial score (nSPS) is 22.4. The first-order valence-corrected chi connectivity index (χ1v) is 14.6. The largest absolute Gasteiger partial charge is 0.434 e. The average molecular weight is 571 g/mol. The van der Waals surface area contributed by atoms with Crippen LogP contribution in [-0.2, 0) is 16.5 Å². The predicted molar refractivity (Wildman–Crippen MR) is 149 cm³/mol. The number of hydrogen-bond acceptors (Lipinski definition) is 3. The standard InChI is InChI=1S/C31H34ClF3N4O/c1-21(37-16-4-5-17-37)22-13-18-38(19-14-22)28(40)12-15-30(23-8-10-24(32)11-9-23)26-7-3-2-6-25(26)29-36-27(20-39(29)30)31(33,34)35/h2-3,6-11,20-22H,4-5,12-19H2,1H3. The molecule has 4 heterocycles. The van der Waals surface area contributed by atoms with E-state index in [9.17, 15) is 18.0 Å². The molecule has 5 nitrogen and oxygen atoms in total. The minimum absolute atomic E-state index is 0.0442. The fourth-order valence-corrected chi connectivity index (χ4v) is 7.24. The lowest BCUT2D eigenvalue weighted by molar-refractivity contribution is -0.141. The highest BCUT2D eigenvalue weighted by Gasteiger charge is 2.48. The number of halogens is 4. The zero-order valence-corrected chi connectivity index (χ0v) is 23.4. The molecule has 3 aromatic rings. The number of amides is 1. The van der Waals surface area contributed by atoms with Gasteiger partial charge in [-0.2, -0.15) is 13.2 Å². The number of nitrogens with zero attached hydrogens (tertiary/aromatic N) is 4. The molecule has 212 valence electrons. The minimum atomic E-state index is -4.58. The maximum atomic E-state index is 13.8. The molecule has 1 aromatic heterocycles. The molecule has 0 N–H and O–H groups in total. The van der Waals surface area contributed by atoms with Crippen molar-refractivity contribution in [1.29, 1.82) is 0 Å². The molecule has 0 aliphatic carbocycles. The van der Waals surface area contributed by atoms with Gasteiger partial charge in [-0.05, 0) is 81.3 Å². The van der Waals surface area contributed by atoms with Crippen LogP contribution in [0.25, 0.3) is 11.4 Å². The topological polar surface area (TPSA) is 41.4 Å². The SMILES string of the molecule is CC(C1CCN(C(=O)CCC2(c3ccc(Cl)cc3)c3ccccc3-c3nc(C(F)(F)F)cn32)CC1)N1CCCC1. The summed E-state index contributed by atoms with van der Waals surface area (Å²) in [5, 5.41) is 0.536. The molecule has 0 saturated carbocycles. The summed E-state index contributed by atoms with van der Waals surface area (Å²) in [6.07, 6.45) is 1.54. The fourth-order valence-electron chi connectivity index (χ4n) is 7.11. The molecular formula is C31H34ClF3N4O. The molecule has 3 aliphatic rings. The number of imidazole rings is 1. The molecule has 2 aromatic carbocycles. The minimum Gasteiger partial charge on any atom is -0.343 e. The van der Waals surface area contributed by atoms with Gasteiger partial charge in [-0.3, -0.25) is 4.79 Å². The van der Waals surface area contributed by atoms with Crippen molar-refractivity contribution in [3.63, 3.8) is 0 Å². The highest BCUT2D eigenvalue weighted by atomic mass is 35.5. The van der Waals surface area contributed by atoms with E-state index in [1.807, 2.05) is 35.2 Å². The third-order valence-corrected chi connectivity index (χ3v) is 9.59. The molecule has 2 fully saturated rings. The highest BCUT2D eigenvalue weighted by molar-refractivity contribution is 6.30. The number of fused-ring (bicyclic) bond motifs is 3. The van der Waals surface area contributed by atoms with Crippen LogP contribution < -0.4 is 0 Å². The Morgan fingerprint density at radius 3 is 2.40 bits per heavy atom. The summed E-state index contributed by atoms with van der Waals surface area (Å²) in [6.45, 7) is 6.10. The average Bonchev–Trinajstić information content (AvgIpc) is 3.69. The van der Waals surface area contributed by atoms with Crippen LogP contribution in [-0.4, -0.2) is 57.5 Å². The Kier molecular flexibility index (Phi) is 7.20. The first-order valence-electron chi connectivity index (χ1n) is 14.2. The first kappa shape index (κ1) is 27.3. The van der Waals surface area contributed by atoms with Crippen LogP contribution in [0, 0.1) is 5.92 Å². The van der Waals surface area contributed by atoms with Crippen LogP contribution in [0.15, 0.2) is 54.7 Å². The van der Waals surface area contributed by atoms with E-state index in [0.29, 0.717) is 29.0 Å². The van der Waals surface area contributed by atoms with Crippen LogP contribution in [0.4, 0.5) is 13.2 Å². The Morgan fingerprint density at radius 1 is 1.05 bits per heavy atom. The van der Waals surface area contributed by atoms with Gasteiger partial charge in [0.2, 0.25) is 5.91 Å². The fraction of sp³-hybridized carbons (Fsp3) is 0.484. The van der Waals surface area contributed by atoms with Gasteiger partial charge in [-0.15, -0.1) is 0 Å². The van der Waals surface area contributed by atoms with Crippen molar-refractivity contribution < 1.29 is 18.0 Å². The molecule has 3 aliphatic heterocycles. The number of alkyl halides is 3. The number of benzene rings is 2. The van der Waals surface area contributed by atoms with Gasteiger partial charge in [0.15, 0.2) is 5.69 Å². The Bertz CT molecular complexity index is 1370. The highest BCUT2D eigenvalue weighted by Crippen LogP contribution is 2.51. The number of likely N-dealkylation sites (tertiary alicyclic amines) is 2. The Hall–Kier alpha value is -2.84. The number of rotatable bonds is 6. The lowest BCUT2D eigenvalue weighted by Crippen LogP contribution is -2.45. The zero-order chi connectivity index (χ0) is 28.1. The molecule has 0 spiro atoms. The molecule has 9 heteroatoms. The van der Waals surface area contributed by atoms with E-state index in [-0.39, 0.29) is 18.2 Å². The number of hydrogen-bond donors (Lipinski definition) is 0. The molecule has 2 saturated heterocycles. The van der Waals surface area contributed by atoms with E-state index in [0.717, 1.165) is 43.3 Å². The number of piperidine rings is 1. The van der Waals surface area contributed by atoms with Gasteiger partial charge in [-0.1, -0.05) is 48.0 Å².